The maximum absolute atomic E-state index is 12.6. The minimum Gasteiger partial charge on any atom is -0.497 e. The van der Waals surface area contributed by atoms with E-state index in [0.717, 1.165) is 12.0 Å². The molecule has 1 amide bonds. The number of rotatable bonds is 7. The van der Waals surface area contributed by atoms with Crippen LogP contribution in [0.3, 0.4) is 0 Å². The number of nitrogen functional groups attached to an aromatic ring is 1. The Kier molecular flexibility index (Phi) is 5.63. The number of anilines is 1. The predicted molar refractivity (Wildman–Crippen MR) is 100 cm³/mol. The molecule has 0 atom stereocenters. The Labute approximate surface area is 160 Å². The number of carbonyl (C=O) groups excluding carboxylic acids is 1. The standard InChI is InChI=1S/C17H20N8O3/c1-4-6-13-14(20-24-25(13)16-15(18)22-28-23-16)17(26)21-19-10(2)11-7-5-8-12(9-11)27-3/h5,7-9H,4,6H2,1-3H3,(H2,18,22)(H,21,26). The van der Waals surface area contributed by atoms with E-state index in [4.69, 9.17) is 10.5 Å². The van der Waals surface area contributed by atoms with Crippen LogP contribution in [0.25, 0.3) is 5.82 Å². The third kappa shape index (κ3) is 3.82. The van der Waals surface area contributed by atoms with Gasteiger partial charge < -0.3 is 10.5 Å². The number of hydrogen-bond acceptors (Lipinski definition) is 9. The van der Waals surface area contributed by atoms with Crippen molar-refractivity contribution < 1.29 is 14.2 Å². The molecule has 0 saturated heterocycles. The molecule has 0 radical (unpaired) electrons. The van der Waals surface area contributed by atoms with Gasteiger partial charge in [0.25, 0.3) is 5.91 Å². The lowest BCUT2D eigenvalue weighted by Gasteiger charge is -2.06. The first-order valence-electron chi connectivity index (χ1n) is 8.57. The molecule has 3 aromatic rings. The van der Waals surface area contributed by atoms with E-state index in [9.17, 15) is 4.79 Å². The van der Waals surface area contributed by atoms with Crippen molar-refractivity contribution >= 4 is 17.4 Å². The van der Waals surface area contributed by atoms with Crippen molar-refractivity contribution in [3.05, 3.63) is 41.2 Å². The SMILES string of the molecule is CCCc1c(C(=O)NN=C(C)c2cccc(OC)c2)nnn1-c1nonc1N. The second-order valence-electron chi connectivity index (χ2n) is 5.89. The number of amides is 1. The average molecular weight is 384 g/mol. The van der Waals surface area contributed by atoms with Gasteiger partial charge in [-0.15, -0.1) is 5.10 Å². The topological polar surface area (TPSA) is 146 Å². The summed E-state index contributed by atoms with van der Waals surface area (Å²) in [4.78, 5) is 12.6. The van der Waals surface area contributed by atoms with Crippen LogP contribution < -0.4 is 15.9 Å². The molecule has 146 valence electrons. The predicted octanol–water partition coefficient (Wildman–Crippen LogP) is 1.35. The molecule has 3 N–H and O–H groups in total. The van der Waals surface area contributed by atoms with E-state index in [1.165, 1.54) is 4.68 Å². The monoisotopic (exact) mass is 384 g/mol. The number of aromatic nitrogens is 5. The lowest BCUT2D eigenvalue weighted by atomic mass is 10.1. The van der Waals surface area contributed by atoms with Gasteiger partial charge in [-0.3, -0.25) is 4.79 Å². The fourth-order valence-electron chi connectivity index (χ4n) is 2.55. The fraction of sp³-hybridized carbons (Fsp3) is 0.294. The average Bonchev–Trinajstić information content (AvgIpc) is 3.32. The van der Waals surface area contributed by atoms with Gasteiger partial charge >= 0.3 is 0 Å². The van der Waals surface area contributed by atoms with Crippen molar-refractivity contribution in [3.63, 3.8) is 0 Å². The van der Waals surface area contributed by atoms with E-state index in [1.807, 2.05) is 31.2 Å². The minimum absolute atomic E-state index is 0.0566. The highest BCUT2D eigenvalue weighted by Crippen LogP contribution is 2.17. The van der Waals surface area contributed by atoms with E-state index in [0.29, 0.717) is 23.6 Å². The molecular weight excluding hydrogens is 364 g/mol. The van der Waals surface area contributed by atoms with Gasteiger partial charge in [0.2, 0.25) is 11.6 Å². The second-order valence-corrected chi connectivity index (χ2v) is 5.89. The molecular formula is C17H20N8O3. The molecule has 2 aromatic heterocycles. The first-order valence-corrected chi connectivity index (χ1v) is 8.57. The van der Waals surface area contributed by atoms with Crippen molar-refractivity contribution in [2.75, 3.05) is 12.8 Å². The van der Waals surface area contributed by atoms with E-state index in [-0.39, 0.29) is 17.3 Å². The van der Waals surface area contributed by atoms with Gasteiger partial charge in [-0.2, -0.15) is 9.78 Å². The zero-order valence-electron chi connectivity index (χ0n) is 15.7. The van der Waals surface area contributed by atoms with Crippen molar-refractivity contribution in [3.8, 4) is 11.6 Å². The molecule has 3 rings (SSSR count). The highest BCUT2D eigenvalue weighted by molar-refractivity contribution is 6.00. The molecule has 0 spiro atoms. The number of nitrogens with zero attached hydrogens (tertiary/aromatic N) is 6. The molecule has 11 heteroatoms. The van der Waals surface area contributed by atoms with Gasteiger partial charge in [-0.05, 0) is 35.8 Å². The maximum Gasteiger partial charge on any atom is 0.293 e. The van der Waals surface area contributed by atoms with Gasteiger partial charge in [0.05, 0.1) is 18.5 Å². The zero-order chi connectivity index (χ0) is 20.1. The van der Waals surface area contributed by atoms with Gasteiger partial charge in [0, 0.05) is 5.56 Å². The minimum atomic E-state index is -0.494. The molecule has 1 aromatic carbocycles. The number of nitrogens with one attached hydrogen (secondary N) is 1. The summed E-state index contributed by atoms with van der Waals surface area (Å²) < 4.78 is 11.2. The van der Waals surface area contributed by atoms with Crippen LogP contribution in [-0.4, -0.2) is 44.0 Å². The molecule has 0 aliphatic carbocycles. The number of methoxy groups -OCH3 is 1. The van der Waals surface area contributed by atoms with E-state index >= 15 is 0 Å². The smallest absolute Gasteiger partial charge is 0.293 e. The van der Waals surface area contributed by atoms with Crippen LogP contribution in [0.1, 0.15) is 42.0 Å². The fourth-order valence-corrected chi connectivity index (χ4v) is 2.55. The largest absolute Gasteiger partial charge is 0.497 e. The molecule has 0 unspecified atom stereocenters. The highest BCUT2D eigenvalue weighted by atomic mass is 16.6. The van der Waals surface area contributed by atoms with Crippen LogP contribution in [0, 0.1) is 0 Å². The molecule has 0 aliphatic heterocycles. The summed E-state index contributed by atoms with van der Waals surface area (Å²) in [5, 5.41) is 19.3. The Morgan fingerprint density at radius 1 is 1.39 bits per heavy atom. The van der Waals surface area contributed by atoms with Crippen molar-refractivity contribution in [2.24, 2.45) is 5.10 Å². The number of nitrogens with two attached hydrogens (primary N) is 1. The van der Waals surface area contributed by atoms with Crippen molar-refractivity contribution in [2.45, 2.75) is 26.7 Å². The quantitative estimate of drug-likeness (QED) is 0.458. The van der Waals surface area contributed by atoms with Crippen LogP contribution in [-0.2, 0) is 6.42 Å². The molecule has 11 nitrogen and oxygen atoms in total. The molecule has 0 bridgehead atoms. The summed E-state index contributed by atoms with van der Waals surface area (Å²) in [6.45, 7) is 3.75. The van der Waals surface area contributed by atoms with Crippen LogP contribution in [0.15, 0.2) is 34.0 Å². The Morgan fingerprint density at radius 2 is 2.21 bits per heavy atom. The summed E-state index contributed by atoms with van der Waals surface area (Å²) in [7, 11) is 1.59. The summed E-state index contributed by atoms with van der Waals surface area (Å²) in [6, 6.07) is 7.36. The van der Waals surface area contributed by atoms with E-state index < -0.39 is 5.91 Å². The van der Waals surface area contributed by atoms with Crippen LogP contribution in [0.5, 0.6) is 5.75 Å². The Hall–Kier alpha value is -3.76. The van der Waals surface area contributed by atoms with Crippen LogP contribution in [0.2, 0.25) is 0 Å². The third-order valence-corrected chi connectivity index (χ3v) is 3.97. The van der Waals surface area contributed by atoms with Gasteiger partial charge in [0.1, 0.15) is 5.75 Å². The molecule has 0 saturated carbocycles. The molecule has 2 heterocycles. The first kappa shape index (κ1) is 19.0. The van der Waals surface area contributed by atoms with Crippen molar-refractivity contribution in [1.82, 2.24) is 30.7 Å². The zero-order valence-corrected chi connectivity index (χ0v) is 15.7. The Balaban J connectivity index is 1.84. The van der Waals surface area contributed by atoms with E-state index in [2.05, 4.69) is 35.8 Å². The summed E-state index contributed by atoms with van der Waals surface area (Å²) in [6.07, 6.45) is 1.28. The first-order chi connectivity index (χ1) is 13.5. The number of benzene rings is 1. The third-order valence-electron chi connectivity index (χ3n) is 3.97. The van der Waals surface area contributed by atoms with Gasteiger partial charge in [-0.1, -0.05) is 30.7 Å². The van der Waals surface area contributed by atoms with Crippen molar-refractivity contribution in [1.29, 1.82) is 0 Å². The summed E-state index contributed by atoms with van der Waals surface area (Å²) in [5.41, 5.74) is 10.3. The van der Waals surface area contributed by atoms with E-state index in [1.54, 1.807) is 14.0 Å². The Morgan fingerprint density at radius 3 is 2.89 bits per heavy atom. The molecule has 0 fully saturated rings. The maximum atomic E-state index is 12.6. The molecule has 28 heavy (non-hydrogen) atoms. The lowest BCUT2D eigenvalue weighted by Crippen LogP contribution is -2.21. The second kappa shape index (κ2) is 8.29. The number of hydrazone groups is 1. The van der Waals surface area contributed by atoms with Crippen LogP contribution in [0.4, 0.5) is 5.82 Å². The lowest BCUT2D eigenvalue weighted by molar-refractivity contribution is 0.0948. The number of hydrogen-bond donors (Lipinski definition) is 2. The van der Waals surface area contributed by atoms with Gasteiger partial charge in [-0.25, -0.2) is 10.1 Å². The van der Waals surface area contributed by atoms with Crippen LogP contribution >= 0.6 is 0 Å². The normalized spacial score (nSPS) is 11.5. The van der Waals surface area contributed by atoms with Gasteiger partial charge in [0.15, 0.2) is 5.69 Å². The summed E-state index contributed by atoms with van der Waals surface area (Å²) >= 11 is 0. The highest BCUT2D eigenvalue weighted by Gasteiger charge is 2.23. The Bertz CT molecular complexity index is 1010. The summed E-state index contributed by atoms with van der Waals surface area (Å²) in [5.74, 6) is 0.449. The number of carbonyl (C=O) groups is 1. The molecule has 0 aliphatic rings. The number of ether oxygens (including phenoxy) is 1.